The topological polar surface area (TPSA) is 58.8 Å². The molecule has 0 saturated heterocycles. The predicted molar refractivity (Wildman–Crippen MR) is 108 cm³/mol. The van der Waals surface area contributed by atoms with Crippen LogP contribution in [0, 0.1) is 6.92 Å². The van der Waals surface area contributed by atoms with Crippen molar-refractivity contribution < 1.29 is 9.84 Å². The average molecular weight is 380 g/mol. The molecule has 0 bridgehead atoms. The summed E-state index contributed by atoms with van der Waals surface area (Å²) in [6, 6.07) is 16.7. The number of methoxy groups -OCH3 is 1. The maximum absolute atomic E-state index is 9.91. The Balaban J connectivity index is 1.92. The number of nitrogens with one attached hydrogen (secondary N) is 1. The number of aryl methyl sites for hydroxylation is 1. The molecule has 4 rings (SSSR count). The Morgan fingerprint density at radius 2 is 1.96 bits per heavy atom. The minimum absolute atomic E-state index is 0.0882. The molecule has 0 radical (unpaired) electrons. The van der Waals surface area contributed by atoms with Crippen LogP contribution in [-0.4, -0.2) is 21.6 Å². The van der Waals surface area contributed by atoms with Crippen LogP contribution in [0.1, 0.15) is 5.56 Å². The number of nitrogens with zero attached hydrogens (tertiary/aromatic N) is 2. The van der Waals surface area contributed by atoms with Gasteiger partial charge < -0.3 is 15.2 Å². The highest BCUT2D eigenvalue weighted by atomic mass is 35.5. The number of fused-ring (bicyclic) bond motifs is 1. The fraction of sp³-hybridized carbons (Fsp3) is 0.0952. The molecule has 27 heavy (non-hydrogen) atoms. The molecule has 0 unspecified atom stereocenters. The lowest BCUT2D eigenvalue weighted by Gasteiger charge is -2.11. The maximum atomic E-state index is 9.91. The van der Waals surface area contributed by atoms with Gasteiger partial charge >= 0.3 is 0 Å². The minimum Gasteiger partial charge on any atom is -0.504 e. The van der Waals surface area contributed by atoms with E-state index < -0.39 is 0 Å². The summed E-state index contributed by atoms with van der Waals surface area (Å²) >= 11 is 6.14. The number of anilines is 2. The summed E-state index contributed by atoms with van der Waals surface area (Å²) in [6.45, 7) is 2.03. The van der Waals surface area contributed by atoms with Crippen LogP contribution in [0.5, 0.6) is 11.5 Å². The van der Waals surface area contributed by atoms with Crippen LogP contribution < -0.4 is 10.1 Å². The van der Waals surface area contributed by atoms with Gasteiger partial charge in [0.2, 0.25) is 0 Å². The summed E-state index contributed by atoms with van der Waals surface area (Å²) in [4.78, 5) is 4.78. The molecular formula is C21H18ClN3O2. The van der Waals surface area contributed by atoms with E-state index >= 15 is 0 Å². The molecule has 2 heterocycles. The second-order valence-electron chi connectivity index (χ2n) is 6.27. The van der Waals surface area contributed by atoms with Gasteiger partial charge in [0, 0.05) is 22.5 Å². The molecule has 0 aliphatic carbocycles. The molecule has 5 nitrogen and oxygen atoms in total. The Labute approximate surface area is 161 Å². The molecule has 4 aromatic rings. The maximum Gasteiger partial charge on any atom is 0.161 e. The number of phenols is 1. The van der Waals surface area contributed by atoms with Gasteiger partial charge in [0.25, 0.3) is 0 Å². The lowest BCUT2D eigenvalue weighted by atomic mass is 10.1. The molecule has 0 aliphatic heterocycles. The first-order chi connectivity index (χ1) is 13.0. The Bertz CT molecular complexity index is 1140. The standard InChI is InChI=1S/C21H18ClN3O2/c1-13-6-9-19-24-20(14-7-8-17(26)18(10-14)27-2)21(25(19)12-13)23-16-5-3-4-15(22)11-16/h3-12,23,26H,1-2H3. The van der Waals surface area contributed by atoms with Gasteiger partial charge in [-0.1, -0.05) is 23.7 Å². The summed E-state index contributed by atoms with van der Waals surface area (Å²) in [6.07, 6.45) is 2.02. The summed E-state index contributed by atoms with van der Waals surface area (Å²) in [5, 5.41) is 14.0. The second-order valence-corrected chi connectivity index (χ2v) is 6.70. The number of ether oxygens (including phenoxy) is 1. The highest BCUT2D eigenvalue weighted by molar-refractivity contribution is 6.30. The van der Waals surface area contributed by atoms with E-state index in [1.165, 1.54) is 7.11 Å². The molecule has 0 fully saturated rings. The molecule has 136 valence electrons. The number of benzene rings is 2. The van der Waals surface area contributed by atoms with Crippen LogP contribution in [0.15, 0.2) is 60.8 Å². The van der Waals surface area contributed by atoms with Gasteiger partial charge in [-0.05, 0) is 55.0 Å². The first-order valence-electron chi connectivity index (χ1n) is 8.44. The molecule has 6 heteroatoms. The lowest BCUT2D eigenvalue weighted by molar-refractivity contribution is 0.373. The normalized spacial score (nSPS) is 10.9. The van der Waals surface area contributed by atoms with Crippen LogP contribution in [0.4, 0.5) is 11.5 Å². The zero-order valence-electron chi connectivity index (χ0n) is 14.9. The van der Waals surface area contributed by atoms with E-state index in [2.05, 4.69) is 5.32 Å². The van der Waals surface area contributed by atoms with Gasteiger partial charge in [-0.25, -0.2) is 4.98 Å². The number of hydrogen-bond donors (Lipinski definition) is 2. The molecule has 0 amide bonds. The van der Waals surface area contributed by atoms with Crippen molar-refractivity contribution >= 4 is 28.8 Å². The quantitative estimate of drug-likeness (QED) is 0.497. The van der Waals surface area contributed by atoms with Gasteiger partial charge in [-0.3, -0.25) is 4.40 Å². The van der Waals surface area contributed by atoms with Crippen LogP contribution >= 0.6 is 11.6 Å². The summed E-state index contributed by atoms with van der Waals surface area (Å²) in [5.74, 6) is 1.29. The molecule has 0 saturated carbocycles. The van der Waals surface area contributed by atoms with Crippen molar-refractivity contribution in [1.29, 1.82) is 0 Å². The number of pyridine rings is 1. The summed E-state index contributed by atoms with van der Waals surface area (Å²) in [5.41, 5.74) is 4.36. The minimum atomic E-state index is 0.0882. The fourth-order valence-electron chi connectivity index (χ4n) is 3.00. The molecule has 0 atom stereocenters. The lowest BCUT2D eigenvalue weighted by Crippen LogP contribution is -1.97. The zero-order chi connectivity index (χ0) is 19.0. The van der Waals surface area contributed by atoms with E-state index in [4.69, 9.17) is 21.3 Å². The molecule has 0 aliphatic rings. The molecule has 2 N–H and O–H groups in total. The van der Waals surface area contributed by atoms with Gasteiger partial charge in [0.05, 0.1) is 7.11 Å². The number of rotatable bonds is 4. The first-order valence-corrected chi connectivity index (χ1v) is 8.81. The van der Waals surface area contributed by atoms with Crippen LogP contribution in [0.25, 0.3) is 16.9 Å². The third kappa shape index (κ3) is 3.29. The number of hydrogen-bond acceptors (Lipinski definition) is 4. The largest absolute Gasteiger partial charge is 0.504 e. The van der Waals surface area contributed by atoms with E-state index in [0.717, 1.165) is 34.0 Å². The number of imidazole rings is 1. The average Bonchev–Trinajstić information content (AvgIpc) is 3.00. The van der Waals surface area contributed by atoms with E-state index in [9.17, 15) is 5.11 Å². The number of phenolic OH excluding ortho intramolecular Hbond substituents is 1. The molecule has 2 aromatic carbocycles. The SMILES string of the molecule is COc1cc(-c2nc3ccc(C)cn3c2Nc2cccc(Cl)c2)ccc1O. The van der Waals surface area contributed by atoms with Crippen molar-refractivity contribution in [2.75, 3.05) is 12.4 Å². The monoisotopic (exact) mass is 379 g/mol. The third-order valence-electron chi connectivity index (χ3n) is 4.31. The second kappa shape index (κ2) is 6.85. The molecule has 2 aromatic heterocycles. The highest BCUT2D eigenvalue weighted by Crippen LogP contribution is 2.36. The predicted octanol–water partition coefficient (Wildman–Crippen LogP) is 5.42. The summed E-state index contributed by atoms with van der Waals surface area (Å²) in [7, 11) is 1.52. The van der Waals surface area contributed by atoms with Gasteiger partial charge in [-0.15, -0.1) is 0 Å². The van der Waals surface area contributed by atoms with Crippen molar-refractivity contribution in [2.24, 2.45) is 0 Å². The van der Waals surface area contributed by atoms with E-state index in [1.54, 1.807) is 12.1 Å². The van der Waals surface area contributed by atoms with Gasteiger partial charge in [0.15, 0.2) is 11.5 Å². The van der Waals surface area contributed by atoms with E-state index in [0.29, 0.717) is 10.8 Å². The van der Waals surface area contributed by atoms with Crippen LogP contribution in [0.3, 0.4) is 0 Å². The van der Waals surface area contributed by atoms with Gasteiger partial charge in [-0.2, -0.15) is 0 Å². The highest BCUT2D eigenvalue weighted by Gasteiger charge is 2.16. The zero-order valence-corrected chi connectivity index (χ0v) is 15.7. The third-order valence-corrected chi connectivity index (χ3v) is 4.54. The smallest absolute Gasteiger partial charge is 0.161 e. The Morgan fingerprint density at radius 3 is 2.74 bits per heavy atom. The van der Waals surface area contributed by atoms with Crippen molar-refractivity contribution in [3.8, 4) is 22.8 Å². The van der Waals surface area contributed by atoms with Crippen molar-refractivity contribution in [3.63, 3.8) is 0 Å². The van der Waals surface area contributed by atoms with Gasteiger partial charge in [0.1, 0.15) is 17.2 Å². The molecule has 0 spiro atoms. The van der Waals surface area contributed by atoms with Crippen molar-refractivity contribution in [2.45, 2.75) is 6.92 Å². The number of halogens is 1. The van der Waals surface area contributed by atoms with E-state index in [-0.39, 0.29) is 5.75 Å². The van der Waals surface area contributed by atoms with Crippen molar-refractivity contribution in [3.05, 3.63) is 71.4 Å². The Hall–Kier alpha value is -3.18. The van der Waals surface area contributed by atoms with Crippen molar-refractivity contribution in [1.82, 2.24) is 9.38 Å². The van der Waals surface area contributed by atoms with Crippen LogP contribution in [-0.2, 0) is 0 Å². The Kier molecular flexibility index (Phi) is 4.38. The van der Waals surface area contributed by atoms with E-state index in [1.807, 2.05) is 60.0 Å². The fourth-order valence-corrected chi connectivity index (χ4v) is 3.19. The number of aromatic nitrogens is 2. The first kappa shape index (κ1) is 17.2. The number of aromatic hydroxyl groups is 1. The molecular weight excluding hydrogens is 362 g/mol. The van der Waals surface area contributed by atoms with Crippen LogP contribution in [0.2, 0.25) is 5.02 Å². The summed E-state index contributed by atoms with van der Waals surface area (Å²) < 4.78 is 7.26. The Morgan fingerprint density at radius 1 is 1.11 bits per heavy atom.